The highest BCUT2D eigenvalue weighted by Gasteiger charge is 2.40. The third-order valence-corrected chi connectivity index (χ3v) is 4.48. The summed E-state index contributed by atoms with van der Waals surface area (Å²) < 4.78 is 4.98. The maximum Gasteiger partial charge on any atom is 0.201 e. The standard InChI is InChI=1S/C16H28O3/c1-4-13-8-7-9-14(5-2)11-16(18,10-13)15(17)12-19-6-3/h6,13-14,18H,3-5,7-12H2,1-2H3. The third-order valence-electron chi connectivity index (χ3n) is 4.48. The van der Waals surface area contributed by atoms with Gasteiger partial charge in [0, 0.05) is 0 Å². The van der Waals surface area contributed by atoms with Crippen molar-refractivity contribution in [2.45, 2.75) is 64.4 Å². The Morgan fingerprint density at radius 1 is 1.32 bits per heavy atom. The van der Waals surface area contributed by atoms with E-state index in [4.69, 9.17) is 4.74 Å². The predicted molar refractivity (Wildman–Crippen MR) is 76.8 cm³/mol. The highest BCUT2D eigenvalue weighted by Crippen LogP contribution is 2.36. The van der Waals surface area contributed by atoms with Crippen molar-refractivity contribution in [1.82, 2.24) is 0 Å². The zero-order chi connectivity index (χ0) is 14.3. The highest BCUT2D eigenvalue weighted by molar-refractivity contribution is 5.88. The first-order valence-corrected chi connectivity index (χ1v) is 7.53. The summed E-state index contributed by atoms with van der Waals surface area (Å²) in [6.45, 7) is 7.64. The number of rotatable bonds is 6. The minimum atomic E-state index is -1.20. The summed E-state index contributed by atoms with van der Waals surface area (Å²) in [5.74, 6) is 0.692. The Morgan fingerprint density at radius 3 is 2.26 bits per heavy atom. The molecule has 0 saturated heterocycles. The van der Waals surface area contributed by atoms with Crippen LogP contribution in [0.25, 0.3) is 0 Å². The van der Waals surface area contributed by atoms with Crippen molar-refractivity contribution in [3.63, 3.8) is 0 Å². The van der Waals surface area contributed by atoms with Crippen molar-refractivity contribution in [3.8, 4) is 0 Å². The van der Waals surface area contributed by atoms with Gasteiger partial charge in [0.2, 0.25) is 5.78 Å². The van der Waals surface area contributed by atoms with Gasteiger partial charge >= 0.3 is 0 Å². The Labute approximate surface area is 117 Å². The molecule has 0 radical (unpaired) electrons. The summed E-state index contributed by atoms with van der Waals surface area (Å²) >= 11 is 0. The van der Waals surface area contributed by atoms with Crippen LogP contribution in [0.3, 0.4) is 0 Å². The molecule has 1 fully saturated rings. The lowest BCUT2D eigenvalue weighted by molar-refractivity contribution is -0.145. The first-order chi connectivity index (χ1) is 9.05. The van der Waals surface area contributed by atoms with Crippen LogP contribution in [0, 0.1) is 11.8 Å². The molecule has 0 heterocycles. The Kier molecular flexibility index (Phi) is 6.56. The van der Waals surface area contributed by atoms with Gasteiger partial charge in [0.25, 0.3) is 0 Å². The Balaban J connectivity index is 2.80. The maximum absolute atomic E-state index is 12.2. The minimum absolute atomic E-state index is 0.0626. The number of hydrogen-bond donors (Lipinski definition) is 1. The Morgan fingerprint density at radius 2 is 1.84 bits per heavy atom. The van der Waals surface area contributed by atoms with Gasteiger partial charge in [-0.3, -0.25) is 4.79 Å². The number of carbonyl (C=O) groups is 1. The van der Waals surface area contributed by atoms with E-state index in [1.165, 1.54) is 12.7 Å². The molecule has 0 aromatic rings. The number of Topliss-reactive ketones (excluding diaryl/α,β-unsaturated/α-hetero) is 1. The van der Waals surface area contributed by atoms with Crippen LogP contribution in [0.1, 0.15) is 58.8 Å². The fourth-order valence-corrected chi connectivity index (χ4v) is 3.13. The predicted octanol–water partition coefficient (Wildman–Crippen LogP) is 3.46. The number of ketones is 1. The topological polar surface area (TPSA) is 46.5 Å². The van der Waals surface area contributed by atoms with E-state index in [-0.39, 0.29) is 12.4 Å². The van der Waals surface area contributed by atoms with E-state index in [2.05, 4.69) is 20.4 Å². The molecule has 3 nitrogen and oxygen atoms in total. The van der Waals surface area contributed by atoms with Crippen molar-refractivity contribution >= 4 is 5.78 Å². The van der Waals surface area contributed by atoms with Gasteiger partial charge in [-0.1, -0.05) is 52.5 Å². The molecule has 110 valence electrons. The van der Waals surface area contributed by atoms with Gasteiger partial charge in [0.15, 0.2) is 0 Å². The van der Waals surface area contributed by atoms with Crippen molar-refractivity contribution in [2.75, 3.05) is 6.61 Å². The van der Waals surface area contributed by atoms with E-state index in [1.807, 2.05) is 0 Å². The average Bonchev–Trinajstić information content (AvgIpc) is 2.39. The molecule has 1 saturated carbocycles. The van der Waals surface area contributed by atoms with Gasteiger partial charge in [0.05, 0.1) is 6.26 Å². The molecule has 1 aliphatic rings. The van der Waals surface area contributed by atoms with Crippen LogP contribution in [-0.4, -0.2) is 23.1 Å². The van der Waals surface area contributed by atoms with E-state index < -0.39 is 5.60 Å². The second-order valence-corrected chi connectivity index (χ2v) is 5.82. The summed E-state index contributed by atoms with van der Waals surface area (Å²) in [7, 11) is 0. The van der Waals surface area contributed by atoms with Gasteiger partial charge in [-0.2, -0.15) is 0 Å². The van der Waals surface area contributed by atoms with E-state index in [0.717, 1.165) is 25.7 Å². The first-order valence-electron chi connectivity index (χ1n) is 7.53. The second-order valence-electron chi connectivity index (χ2n) is 5.82. The normalized spacial score (nSPS) is 32.2. The zero-order valence-electron chi connectivity index (χ0n) is 12.4. The number of hydrogen-bond acceptors (Lipinski definition) is 3. The molecule has 1 rings (SSSR count). The monoisotopic (exact) mass is 268 g/mol. The number of aliphatic hydroxyl groups is 1. The van der Waals surface area contributed by atoms with E-state index in [1.54, 1.807) is 0 Å². The first kappa shape index (κ1) is 16.2. The molecular weight excluding hydrogens is 240 g/mol. The lowest BCUT2D eigenvalue weighted by Crippen LogP contribution is -2.45. The minimum Gasteiger partial charge on any atom is -0.494 e. The lowest BCUT2D eigenvalue weighted by Gasteiger charge is -2.35. The summed E-state index contributed by atoms with van der Waals surface area (Å²) in [5, 5.41) is 10.8. The second kappa shape index (κ2) is 7.68. The number of ether oxygens (including phenoxy) is 1. The van der Waals surface area contributed by atoms with Crippen LogP contribution in [0.15, 0.2) is 12.8 Å². The fraction of sp³-hybridized carbons (Fsp3) is 0.812. The van der Waals surface area contributed by atoms with Crippen molar-refractivity contribution < 1.29 is 14.6 Å². The molecule has 0 bridgehead atoms. The summed E-state index contributed by atoms with van der Waals surface area (Å²) in [6, 6.07) is 0. The van der Waals surface area contributed by atoms with Crippen LogP contribution in [0.4, 0.5) is 0 Å². The van der Waals surface area contributed by atoms with E-state index >= 15 is 0 Å². The maximum atomic E-state index is 12.2. The third kappa shape index (κ3) is 4.64. The Bertz CT molecular complexity index is 284. The number of carbonyl (C=O) groups excluding carboxylic acids is 1. The summed E-state index contributed by atoms with van der Waals surface area (Å²) in [4.78, 5) is 12.2. The van der Waals surface area contributed by atoms with Gasteiger partial charge in [-0.05, 0) is 24.7 Å². The zero-order valence-corrected chi connectivity index (χ0v) is 12.4. The van der Waals surface area contributed by atoms with Gasteiger partial charge < -0.3 is 9.84 Å². The van der Waals surface area contributed by atoms with Gasteiger partial charge in [0.1, 0.15) is 12.2 Å². The Hall–Kier alpha value is -0.830. The molecule has 2 unspecified atom stereocenters. The highest BCUT2D eigenvalue weighted by atomic mass is 16.5. The van der Waals surface area contributed by atoms with E-state index in [9.17, 15) is 9.90 Å². The molecular formula is C16H28O3. The molecule has 0 aliphatic heterocycles. The summed E-state index contributed by atoms with van der Waals surface area (Å²) in [5.41, 5.74) is -1.20. The SMILES string of the molecule is C=COCC(=O)C1(O)CC(CC)CCCC(CC)C1. The van der Waals surface area contributed by atoms with Crippen LogP contribution < -0.4 is 0 Å². The van der Waals surface area contributed by atoms with Crippen LogP contribution >= 0.6 is 0 Å². The molecule has 2 atom stereocenters. The van der Waals surface area contributed by atoms with Crippen LogP contribution in [0.5, 0.6) is 0 Å². The fourth-order valence-electron chi connectivity index (χ4n) is 3.13. The molecule has 1 aliphatic carbocycles. The molecule has 0 aromatic heterocycles. The molecule has 0 aromatic carbocycles. The molecule has 0 amide bonds. The van der Waals surface area contributed by atoms with E-state index in [0.29, 0.717) is 24.7 Å². The van der Waals surface area contributed by atoms with Crippen molar-refractivity contribution in [1.29, 1.82) is 0 Å². The smallest absolute Gasteiger partial charge is 0.201 e. The molecule has 19 heavy (non-hydrogen) atoms. The van der Waals surface area contributed by atoms with Crippen LogP contribution in [0.2, 0.25) is 0 Å². The van der Waals surface area contributed by atoms with Crippen LogP contribution in [-0.2, 0) is 9.53 Å². The van der Waals surface area contributed by atoms with Gasteiger partial charge in [-0.15, -0.1) is 0 Å². The summed E-state index contributed by atoms with van der Waals surface area (Å²) in [6.07, 6.45) is 7.92. The molecule has 3 heteroatoms. The largest absolute Gasteiger partial charge is 0.494 e. The average molecular weight is 268 g/mol. The quantitative estimate of drug-likeness (QED) is 0.750. The lowest BCUT2D eigenvalue weighted by atomic mass is 9.73. The van der Waals surface area contributed by atoms with Gasteiger partial charge in [-0.25, -0.2) is 0 Å². The molecule has 1 N–H and O–H groups in total. The van der Waals surface area contributed by atoms with Crippen molar-refractivity contribution in [3.05, 3.63) is 12.8 Å². The molecule has 0 spiro atoms. The van der Waals surface area contributed by atoms with Crippen molar-refractivity contribution in [2.24, 2.45) is 11.8 Å².